The van der Waals surface area contributed by atoms with Gasteiger partial charge in [-0.2, -0.15) is 0 Å². The Hall–Kier alpha value is -0.450. The van der Waals surface area contributed by atoms with Gasteiger partial charge in [0.05, 0.1) is 11.7 Å². The summed E-state index contributed by atoms with van der Waals surface area (Å²) >= 11 is 3.42. The zero-order chi connectivity index (χ0) is 13.1. The van der Waals surface area contributed by atoms with Crippen LogP contribution in [-0.2, 0) is 0 Å². The van der Waals surface area contributed by atoms with Crippen LogP contribution in [0.2, 0.25) is 0 Å². The maximum atomic E-state index is 5.75. The van der Waals surface area contributed by atoms with E-state index in [1.165, 1.54) is 19.3 Å². The van der Waals surface area contributed by atoms with Crippen LogP contribution in [0.3, 0.4) is 0 Å². The van der Waals surface area contributed by atoms with Crippen molar-refractivity contribution in [2.24, 2.45) is 23.6 Å². The number of hydrazine groups is 1. The lowest BCUT2D eigenvalue weighted by atomic mass is 9.73. The van der Waals surface area contributed by atoms with Gasteiger partial charge in [0.1, 0.15) is 0 Å². The highest BCUT2D eigenvalue weighted by Crippen LogP contribution is 2.39. The number of pyridine rings is 1. The summed E-state index contributed by atoms with van der Waals surface area (Å²) in [5.74, 6) is 7.95. The molecule has 3 nitrogen and oxygen atoms in total. The quantitative estimate of drug-likeness (QED) is 0.664. The van der Waals surface area contributed by atoms with Crippen molar-refractivity contribution >= 4 is 15.9 Å². The lowest BCUT2D eigenvalue weighted by Crippen LogP contribution is -2.37. The summed E-state index contributed by atoms with van der Waals surface area (Å²) in [5.41, 5.74) is 4.01. The molecule has 4 atom stereocenters. The van der Waals surface area contributed by atoms with Crippen molar-refractivity contribution in [1.82, 2.24) is 10.4 Å². The highest BCUT2D eigenvalue weighted by molar-refractivity contribution is 9.10. The maximum Gasteiger partial charge on any atom is 0.0660 e. The van der Waals surface area contributed by atoms with E-state index in [4.69, 9.17) is 5.84 Å². The van der Waals surface area contributed by atoms with Crippen LogP contribution in [0.1, 0.15) is 44.8 Å². The Morgan fingerprint density at radius 3 is 2.67 bits per heavy atom. The van der Waals surface area contributed by atoms with Crippen LogP contribution in [0.25, 0.3) is 0 Å². The minimum absolute atomic E-state index is 0.174. The average Bonchev–Trinajstić information content (AvgIpc) is 2.37. The monoisotopic (exact) mass is 311 g/mol. The molecule has 3 N–H and O–H groups in total. The van der Waals surface area contributed by atoms with Crippen molar-refractivity contribution in [3.63, 3.8) is 0 Å². The van der Waals surface area contributed by atoms with Gasteiger partial charge in [0.25, 0.3) is 0 Å². The second-order valence-electron chi connectivity index (χ2n) is 5.57. The normalized spacial score (nSPS) is 30.1. The summed E-state index contributed by atoms with van der Waals surface area (Å²) in [7, 11) is 0. The Morgan fingerprint density at radius 2 is 2.11 bits per heavy atom. The lowest BCUT2D eigenvalue weighted by molar-refractivity contribution is 0.169. The van der Waals surface area contributed by atoms with E-state index in [-0.39, 0.29) is 6.04 Å². The Kier molecular flexibility index (Phi) is 4.76. The molecule has 1 aliphatic rings. The predicted octanol–water partition coefficient (Wildman–Crippen LogP) is 3.42. The SMILES string of the molecule is CC1CCC(C(NN)c2ccc(Br)cn2)CC1C. The smallest absolute Gasteiger partial charge is 0.0660 e. The van der Waals surface area contributed by atoms with Gasteiger partial charge in [-0.3, -0.25) is 16.3 Å². The number of hydrogen-bond donors (Lipinski definition) is 2. The van der Waals surface area contributed by atoms with Crippen molar-refractivity contribution in [2.75, 3.05) is 0 Å². The van der Waals surface area contributed by atoms with Gasteiger partial charge in [0, 0.05) is 10.7 Å². The number of aromatic nitrogens is 1. The third kappa shape index (κ3) is 3.11. The van der Waals surface area contributed by atoms with Crippen LogP contribution in [-0.4, -0.2) is 4.98 Å². The molecular formula is C14H22BrN3. The molecule has 0 saturated heterocycles. The van der Waals surface area contributed by atoms with Crippen LogP contribution in [0.4, 0.5) is 0 Å². The predicted molar refractivity (Wildman–Crippen MR) is 77.7 cm³/mol. The number of hydrogen-bond acceptors (Lipinski definition) is 3. The molecule has 0 spiro atoms. The fourth-order valence-electron chi connectivity index (χ4n) is 2.93. The van der Waals surface area contributed by atoms with Crippen LogP contribution >= 0.6 is 15.9 Å². The van der Waals surface area contributed by atoms with Crippen molar-refractivity contribution < 1.29 is 0 Å². The van der Waals surface area contributed by atoms with Crippen LogP contribution in [0.5, 0.6) is 0 Å². The molecule has 4 unspecified atom stereocenters. The van der Waals surface area contributed by atoms with Gasteiger partial charge in [-0.15, -0.1) is 0 Å². The summed E-state index contributed by atoms with van der Waals surface area (Å²) in [6.45, 7) is 4.70. The Balaban J connectivity index is 2.11. The molecule has 1 aliphatic carbocycles. The zero-order valence-corrected chi connectivity index (χ0v) is 12.7. The van der Waals surface area contributed by atoms with E-state index in [1.54, 1.807) is 0 Å². The second-order valence-corrected chi connectivity index (χ2v) is 6.49. The molecule has 1 heterocycles. The Bertz CT molecular complexity index is 379. The molecule has 1 aromatic rings. The van der Waals surface area contributed by atoms with Gasteiger partial charge >= 0.3 is 0 Å². The number of rotatable bonds is 3. The first-order chi connectivity index (χ1) is 8.61. The molecule has 18 heavy (non-hydrogen) atoms. The first-order valence-electron chi connectivity index (χ1n) is 6.69. The third-order valence-electron chi connectivity index (χ3n) is 4.36. The summed E-state index contributed by atoms with van der Waals surface area (Å²) in [4.78, 5) is 4.48. The van der Waals surface area contributed by atoms with E-state index in [9.17, 15) is 0 Å². The van der Waals surface area contributed by atoms with Crippen molar-refractivity contribution in [3.05, 3.63) is 28.5 Å². The van der Waals surface area contributed by atoms with E-state index >= 15 is 0 Å². The molecule has 0 amide bonds. The first-order valence-corrected chi connectivity index (χ1v) is 7.48. The average molecular weight is 312 g/mol. The fourth-order valence-corrected chi connectivity index (χ4v) is 3.16. The maximum absolute atomic E-state index is 5.75. The Morgan fingerprint density at radius 1 is 1.33 bits per heavy atom. The van der Waals surface area contributed by atoms with Gasteiger partial charge in [-0.05, 0) is 58.7 Å². The first kappa shape index (κ1) is 14.0. The molecule has 2 rings (SSSR count). The van der Waals surface area contributed by atoms with Crippen molar-refractivity contribution in [3.8, 4) is 0 Å². The van der Waals surface area contributed by atoms with Crippen molar-refractivity contribution in [1.29, 1.82) is 0 Å². The number of halogens is 1. The van der Waals surface area contributed by atoms with Crippen molar-refractivity contribution in [2.45, 2.75) is 39.2 Å². The second kappa shape index (κ2) is 6.13. The zero-order valence-electron chi connectivity index (χ0n) is 11.1. The molecule has 0 aliphatic heterocycles. The number of nitrogens with zero attached hydrogens (tertiary/aromatic N) is 1. The van der Waals surface area contributed by atoms with E-state index < -0.39 is 0 Å². The van der Waals surface area contributed by atoms with Gasteiger partial charge in [0.2, 0.25) is 0 Å². The summed E-state index contributed by atoms with van der Waals surface area (Å²) in [5, 5.41) is 0. The molecule has 1 saturated carbocycles. The van der Waals surface area contributed by atoms with E-state index in [1.807, 2.05) is 12.3 Å². The molecule has 0 radical (unpaired) electrons. The molecule has 100 valence electrons. The number of nitrogens with two attached hydrogens (primary N) is 1. The summed E-state index contributed by atoms with van der Waals surface area (Å²) < 4.78 is 1.01. The van der Waals surface area contributed by atoms with E-state index in [2.05, 4.69) is 46.3 Å². The molecule has 1 aromatic heterocycles. The van der Waals surface area contributed by atoms with E-state index in [0.717, 1.165) is 22.0 Å². The van der Waals surface area contributed by atoms with E-state index in [0.29, 0.717) is 5.92 Å². The minimum atomic E-state index is 0.174. The summed E-state index contributed by atoms with van der Waals surface area (Å²) in [6, 6.07) is 4.26. The molecular weight excluding hydrogens is 290 g/mol. The lowest BCUT2D eigenvalue weighted by Gasteiger charge is -2.36. The standard InChI is InChI=1S/C14H22BrN3/c1-9-3-4-11(7-10(9)2)14(18-16)13-6-5-12(15)8-17-13/h5-6,8-11,14,18H,3-4,7,16H2,1-2H3. The Labute approximate surface area is 118 Å². The highest BCUT2D eigenvalue weighted by atomic mass is 79.9. The molecule has 1 fully saturated rings. The van der Waals surface area contributed by atoms with Gasteiger partial charge < -0.3 is 0 Å². The largest absolute Gasteiger partial charge is 0.271 e. The minimum Gasteiger partial charge on any atom is -0.271 e. The number of nitrogens with one attached hydrogen (secondary N) is 1. The molecule has 0 bridgehead atoms. The third-order valence-corrected chi connectivity index (χ3v) is 4.83. The highest BCUT2D eigenvalue weighted by Gasteiger charge is 2.31. The molecule has 4 heteroatoms. The van der Waals surface area contributed by atoms with Crippen LogP contribution in [0, 0.1) is 17.8 Å². The fraction of sp³-hybridized carbons (Fsp3) is 0.643. The topological polar surface area (TPSA) is 50.9 Å². The van der Waals surface area contributed by atoms with Crippen LogP contribution < -0.4 is 11.3 Å². The molecule has 0 aromatic carbocycles. The van der Waals surface area contributed by atoms with Gasteiger partial charge in [-0.25, -0.2) is 0 Å². The van der Waals surface area contributed by atoms with Crippen LogP contribution in [0.15, 0.2) is 22.8 Å². The van der Waals surface area contributed by atoms with Gasteiger partial charge in [0.15, 0.2) is 0 Å². The summed E-state index contributed by atoms with van der Waals surface area (Å²) in [6.07, 6.45) is 5.60. The van der Waals surface area contributed by atoms with Gasteiger partial charge in [-0.1, -0.05) is 20.3 Å².